The van der Waals surface area contributed by atoms with E-state index in [9.17, 15) is 14.7 Å². The Morgan fingerprint density at radius 2 is 2.08 bits per heavy atom. The Hall–Kier alpha value is -2.46. The number of H-pyrrole nitrogens is 2. The summed E-state index contributed by atoms with van der Waals surface area (Å²) >= 11 is 0. The molecule has 10 heteroatoms. The number of nitrogens with one attached hydrogen (secondary N) is 2. The van der Waals surface area contributed by atoms with Gasteiger partial charge in [-0.1, -0.05) is 20.3 Å². The van der Waals surface area contributed by atoms with Crippen LogP contribution in [-0.4, -0.2) is 50.3 Å². The number of hydrogen-bond acceptors (Lipinski definition) is 8. The highest BCUT2D eigenvalue weighted by Crippen LogP contribution is 2.14. The number of nitrogen functional groups attached to an aromatic ring is 1. The monoisotopic (exact) mass is 366 g/mol. The van der Waals surface area contributed by atoms with E-state index >= 15 is 0 Å². The molecule has 0 amide bonds. The molecule has 2 aromatic rings. The maximum absolute atomic E-state index is 12.0. The molecule has 0 aliphatic carbocycles. The van der Waals surface area contributed by atoms with Gasteiger partial charge < -0.3 is 26.3 Å². The van der Waals surface area contributed by atoms with Crippen molar-refractivity contribution in [3.63, 3.8) is 0 Å². The summed E-state index contributed by atoms with van der Waals surface area (Å²) in [6.45, 7) is 3.89. The Morgan fingerprint density at radius 1 is 1.35 bits per heavy atom. The van der Waals surface area contributed by atoms with Gasteiger partial charge in [-0.15, -0.1) is 0 Å². The lowest BCUT2D eigenvalue weighted by Crippen LogP contribution is -2.38. The SMILES string of the molecule is CC[C@H](C)[C@H](N)C(=O)OCC(CCO)Cc1nc2nc(N)[nH]c(=O)c2[nH]1. The average molecular weight is 366 g/mol. The number of aliphatic hydroxyl groups is 1. The van der Waals surface area contributed by atoms with Gasteiger partial charge in [-0.2, -0.15) is 4.98 Å². The summed E-state index contributed by atoms with van der Waals surface area (Å²) in [5.74, 6) is -0.120. The number of ether oxygens (including phenoxy) is 1. The molecule has 2 rings (SSSR count). The lowest BCUT2D eigenvalue weighted by Gasteiger charge is -2.19. The number of aromatic nitrogens is 4. The first-order valence-electron chi connectivity index (χ1n) is 8.63. The van der Waals surface area contributed by atoms with Gasteiger partial charge in [-0.25, -0.2) is 4.98 Å². The molecular weight excluding hydrogens is 340 g/mol. The number of nitrogens with zero attached hydrogens (tertiary/aromatic N) is 2. The van der Waals surface area contributed by atoms with Crippen LogP contribution in [0.15, 0.2) is 4.79 Å². The molecule has 0 aromatic carbocycles. The van der Waals surface area contributed by atoms with E-state index in [0.29, 0.717) is 18.7 Å². The van der Waals surface area contributed by atoms with Crippen molar-refractivity contribution in [1.82, 2.24) is 19.9 Å². The van der Waals surface area contributed by atoms with Crippen LogP contribution in [0.5, 0.6) is 0 Å². The Kier molecular flexibility index (Phi) is 6.70. The number of aromatic amines is 2. The van der Waals surface area contributed by atoms with E-state index in [1.807, 2.05) is 13.8 Å². The van der Waals surface area contributed by atoms with Crippen molar-refractivity contribution in [2.24, 2.45) is 17.6 Å². The maximum atomic E-state index is 12.0. The van der Waals surface area contributed by atoms with Crippen molar-refractivity contribution in [3.8, 4) is 0 Å². The fourth-order valence-electron chi connectivity index (χ4n) is 2.55. The zero-order valence-corrected chi connectivity index (χ0v) is 15.0. The zero-order valence-electron chi connectivity index (χ0n) is 15.0. The number of carbonyl (C=O) groups excluding carboxylic acids is 1. The predicted octanol–water partition coefficient (Wildman–Crippen LogP) is -0.314. The number of carbonyl (C=O) groups is 1. The van der Waals surface area contributed by atoms with Gasteiger partial charge in [0, 0.05) is 18.9 Å². The molecule has 2 aromatic heterocycles. The van der Waals surface area contributed by atoms with Crippen LogP contribution in [0.3, 0.4) is 0 Å². The second-order valence-electron chi connectivity index (χ2n) is 6.46. The van der Waals surface area contributed by atoms with Gasteiger partial charge >= 0.3 is 5.97 Å². The Balaban J connectivity index is 2.05. The van der Waals surface area contributed by atoms with Crippen molar-refractivity contribution in [1.29, 1.82) is 0 Å². The van der Waals surface area contributed by atoms with Crippen molar-refractivity contribution < 1.29 is 14.6 Å². The third kappa shape index (κ3) is 4.79. The van der Waals surface area contributed by atoms with Gasteiger partial charge in [0.15, 0.2) is 11.2 Å². The summed E-state index contributed by atoms with van der Waals surface area (Å²) < 4.78 is 5.31. The summed E-state index contributed by atoms with van der Waals surface area (Å²) in [5.41, 5.74) is 11.4. The number of fused-ring (bicyclic) bond motifs is 1. The van der Waals surface area contributed by atoms with Crippen LogP contribution >= 0.6 is 0 Å². The molecule has 0 saturated carbocycles. The summed E-state index contributed by atoms with van der Waals surface area (Å²) in [4.78, 5) is 37.4. The number of hydrogen-bond donors (Lipinski definition) is 5. The molecule has 0 bridgehead atoms. The molecule has 0 radical (unpaired) electrons. The van der Waals surface area contributed by atoms with Gasteiger partial charge in [0.25, 0.3) is 5.56 Å². The van der Waals surface area contributed by atoms with Crippen LogP contribution in [-0.2, 0) is 16.0 Å². The Morgan fingerprint density at radius 3 is 2.73 bits per heavy atom. The lowest BCUT2D eigenvalue weighted by atomic mass is 10.00. The molecular formula is C16H26N6O4. The second-order valence-corrected chi connectivity index (χ2v) is 6.46. The van der Waals surface area contributed by atoms with Crippen molar-refractivity contribution in [3.05, 3.63) is 16.2 Å². The van der Waals surface area contributed by atoms with Gasteiger partial charge in [0.05, 0.1) is 6.61 Å². The third-order valence-corrected chi connectivity index (χ3v) is 4.44. The minimum absolute atomic E-state index is 0.0135. The van der Waals surface area contributed by atoms with E-state index in [2.05, 4.69) is 19.9 Å². The molecule has 144 valence electrons. The van der Waals surface area contributed by atoms with Gasteiger partial charge in [0.2, 0.25) is 5.95 Å². The number of imidazole rings is 1. The average Bonchev–Trinajstić information content (AvgIpc) is 3.00. The zero-order chi connectivity index (χ0) is 19.3. The third-order valence-electron chi connectivity index (χ3n) is 4.44. The predicted molar refractivity (Wildman–Crippen MR) is 96.2 cm³/mol. The standard InChI is InChI=1S/C16H26N6O4/c1-3-8(2)11(17)15(25)26-7-9(4-5-23)6-10-19-12-13(20-10)21-16(18)22-14(12)24/h8-9,11,23H,3-7,17H2,1-2H3,(H4,18,19,20,21,22,24)/t8-,9?,11-/m0/s1. The Labute approximate surface area is 150 Å². The minimum atomic E-state index is -0.674. The minimum Gasteiger partial charge on any atom is -0.464 e. The first-order chi connectivity index (χ1) is 12.3. The fourth-order valence-corrected chi connectivity index (χ4v) is 2.55. The molecule has 0 aliphatic rings. The molecule has 1 unspecified atom stereocenters. The molecule has 0 saturated heterocycles. The smallest absolute Gasteiger partial charge is 0.323 e. The summed E-state index contributed by atoms with van der Waals surface area (Å²) in [5, 5.41) is 9.26. The first-order valence-corrected chi connectivity index (χ1v) is 8.63. The largest absolute Gasteiger partial charge is 0.464 e. The molecule has 10 nitrogen and oxygen atoms in total. The highest BCUT2D eigenvalue weighted by Gasteiger charge is 2.23. The second kappa shape index (κ2) is 8.77. The van der Waals surface area contributed by atoms with E-state index in [1.54, 1.807) is 0 Å². The summed E-state index contributed by atoms with van der Waals surface area (Å²) in [6.07, 6.45) is 1.57. The van der Waals surface area contributed by atoms with Gasteiger partial charge in [0.1, 0.15) is 11.9 Å². The number of nitrogens with two attached hydrogens (primary N) is 2. The number of rotatable bonds is 9. The van der Waals surface area contributed by atoms with Crippen LogP contribution in [0, 0.1) is 11.8 Å². The van der Waals surface area contributed by atoms with Crippen LogP contribution in [0.1, 0.15) is 32.5 Å². The van der Waals surface area contributed by atoms with E-state index in [-0.39, 0.29) is 42.2 Å². The summed E-state index contributed by atoms with van der Waals surface area (Å²) in [7, 11) is 0. The number of aliphatic hydroxyl groups excluding tert-OH is 1. The summed E-state index contributed by atoms with van der Waals surface area (Å²) in [6, 6.07) is -0.674. The van der Waals surface area contributed by atoms with Crippen molar-refractivity contribution in [2.45, 2.75) is 39.2 Å². The topological polar surface area (TPSA) is 173 Å². The van der Waals surface area contributed by atoms with Crippen LogP contribution in [0.25, 0.3) is 11.2 Å². The normalized spacial score (nSPS) is 14.9. The lowest BCUT2D eigenvalue weighted by molar-refractivity contribution is -0.148. The molecule has 0 spiro atoms. The van der Waals surface area contributed by atoms with E-state index < -0.39 is 17.6 Å². The van der Waals surface area contributed by atoms with Gasteiger partial charge in [-0.05, 0) is 12.3 Å². The van der Waals surface area contributed by atoms with Crippen molar-refractivity contribution >= 4 is 23.1 Å². The van der Waals surface area contributed by atoms with E-state index in [1.165, 1.54) is 0 Å². The van der Waals surface area contributed by atoms with Crippen LogP contribution in [0.4, 0.5) is 5.95 Å². The number of anilines is 1. The van der Waals surface area contributed by atoms with Crippen LogP contribution in [0.2, 0.25) is 0 Å². The molecule has 0 aliphatic heterocycles. The number of esters is 1. The van der Waals surface area contributed by atoms with Crippen molar-refractivity contribution in [2.75, 3.05) is 18.9 Å². The quantitative estimate of drug-likeness (QED) is 0.376. The highest BCUT2D eigenvalue weighted by atomic mass is 16.5. The first kappa shape index (κ1) is 19.9. The molecule has 26 heavy (non-hydrogen) atoms. The maximum Gasteiger partial charge on any atom is 0.323 e. The fraction of sp³-hybridized carbons (Fsp3) is 0.625. The molecule has 7 N–H and O–H groups in total. The Bertz CT molecular complexity index is 802. The van der Waals surface area contributed by atoms with Crippen LogP contribution < -0.4 is 17.0 Å². The molecule has 2 heterocycles. The molecule has 0 fully saturated rings. The van der Waals surface area contributed by atoms with E-state index in [0.717, 1.165) is 6.42 Å². The molecule has 3 atom stereocenters. The highest BCUT2D eigenvalue weighted by molar-refractivity contribution is 5.75. The van der Waals surface area contributed by atoms with E-state index in [4.69, 9.17) is 16.2 Å². The van der Waals surface area contributed by atoms with Gasteiger partial charge in [-0.3, -0.25) is 14.6 Å².